The van der Waals surface area contributed by atoms with E-state index < -0.39 is 17.7 Å². The van der Waals surface area contributed by atoms with Gasteiger partial charge in [0.15, 0.2) is 0 Å². The summed E-state index contributed by atoms with van der Waals surface area (Å²) in [7, 11) is 1.68. The molecule has 0 aliphatic rings. The summed E-state index contributed by atoms with van der Waals surface area (Å²) in [6.45, 7) is 6.30. The summed E-state index contributed by atoms with van der Waals surface area (Å²) >= 11 is 5.96. The Hall–Kier alpha value is -3.44. The summed E-state index contributed by atoms with van der Waals surface area (Å²) < 4.78 is 36.9. The first kappa shape index (κ1) is 34.8. The largest absolute Gasteiger partial charge is 0.490 e. The van der Waals surface area contributed by atoms with Crippen LogP contribution in [0.25, 0.3) is 11.1 Å². The van der Waals surface area contributed by atoms with Gasteiger partial charge in [0.05, 0.1) is 12.2 Å². The number of aliphatic hydroxyl groups is 1. The number of aryl methyl sites for hydroxylation is 1. The van der Waals surface area contributed by atoms with Gasteiger partial charge in [-0.15, -0.1) is 0 Å². The molecule has 228 valence electrons. The van der Waals surface area contributed by atoms with Gasteiger partial charge in [0.2, 0.25) is 5.91 Å². The van der Waals surface area contributed by atoms with E-state index in [2.05, 4.69) is 34.5 Å². The Morgan fingerprint density at radius 1 is 0.905 bits per heavy atom. The number of amides is 1. The van der Waals surface area contributed by atoms with Gasteiger partial charge in [0.1, 0.15) is 0 Å². The molecule has 0 bridgehead atoms. The van der Waals surface area contributed by atoms with E-state index >= 15 is 0 Å². The van der Waals surface area contributed by atoms with Crippen LogP contribution in [0.2, 0.25) is 5.02 Å². The van der Waals surface area contributed by atoms with E-state index in [1.165, 1.54) is 5.56 Å². The van der Waals surface area contributed by atoms with Gasteiger partial charge in [0, 0.05) is 43.9 Å². The van der Waals surface area contributed by atoms with E-state index in [1.54, 1.807) is 7.11 Å². The molecular weight excluding hydrogens is 573 g/mol. The maximum atomic E-state index is 12.5. The van der Waals surface area contributed by atoms with Gasteiger partial charge in [-0.05, 0) is 66.8 Å². The molecule has 3 rings (SSSR count). The molecule has 0 aliphatic carbocycles. The number of benzene rings is 3. The predicted octanol–water partition coefficient (Wildman–Crippen LogP) is 6.43. The molecule has 0 unspecified atom stereocenters. The monoisotopic (exact) mass is 608 g/mol. The van der Waals surface area contributed by atoms with Gasteiger partial charge in [0.25, 0.3) is 0 Å². The van der Waals surface area contributed by atoms with Crippen molar-refractivity contribution in [1.82, 2.24) is 4.90 Å². The molecule has 0 aromatic heterocycles. The Morgan fingerprint density at radius 3 is 1.88 bits per heavy atom. The second-order valence-corrected chi connectivity index (χ2v) is 10.7. The average molecular weight is 609 g/mol. The van der Waals surface area contributed by atoms with Crippen molar-refractivity contribution >= 4 is 29.2 Å². The average Bonchev–Trinajstić information content (AvgIpc) is 2.91. The number of rotatable bonds is 12. The highest BCUT2D eigenvalue weighted by Crippen LogP contribution is 2.23. The zero-order chi connectivity index (χ0) is 31.3. The van der Waals surface area contributed by atoms with E-state index in [9.17, 15) is 23.1 Å². The lowest BCUT2D eigenvalue weighted by molar-refractivity contribution is -0.192. The third kappa shape index (κ3) is 13.5. The zero-order valence-corrected chi connectivity index (χ0v) is 24.5. The number of alkyl halides is 3. The van der Waals surface area contributed by atoms with Crippen LogP contribution in [0.15, 0.2) is 72.8 Å². The summed E-state index contributed by atoms with van der Waals surface area (Å²) in [5.74, 6) is -2.77. The number of aliphatic carboxylic acids is 1. The first-order chi connectivity index (χ1) is 19.7. The molecule has 0 fully saturated rings. The number of carbonyl (C=O) groups is 2. The molecule has 11 heteroatoms. The lowest BCUT2D eigenvalue weighted by Gasteiger charge is -2.29. The molecule has 3 aromatic rings. The third-order valence-electron chi connectivity index (χ3n) is 5.88. The minimum Gasteiger partial charge on any atom is -0.475 e. The van der Waals surface area contributed by atoms with E-state index in [0.717, 1.165) is 35.5 Å². The van der Waals surface area contributed by atoms with Crippen molar-refractivity contribution in [2.45, 2.75) is 45.0 Å². The summed E-state index contributed by atoms with van der Waals surface area (Å²) in [6.07, 6.45) is -4.00. The first-order valence-corrected chi connectivity index (χ1v) is 13.5. The van der Waals surface area contributed by atoms with Gasteiger partial charge < -0.3 is 20.3 Å². The number of ether oxygens (including phenoxy) is 1. The highest BCUT2D eigenvalue weighted by atomic mass is 35.5. The number of halogens is 4. The number of methoxy groups -OCH3 is 1. The van der Waals surface area contributed by atoms with Crippen molar-refractivity contribution in [3.8, 4) is 11.1 Å². The molecule has 0 spiro atoms. The minimum absolute atomic E-state index is 0.00997. The van der Waals surface area contributed by atoms with E-state index in [0.29, 0.717) is 31.0 Å². The van der Waals surface area contributed by atoms with Crippen LogP contribution in [0.3, 0.4) is 0 Å². The van der Waals surface area contributed by atoms with Crippen molar-refractivity contribution in [3.05, 3.63) is 88.9 Å². The molecule has 42 heavy (non-hydrogen) atoms. The molecule has 3 N–H and O–H groups in total. The lowest BCUT2D eigenvalue weighted by atomic mass is 10.0. The van der Waals surface area contributed by atoms with Crippen LogP contribution in [0.4, 0.5) is 18.9 Å². The van der Waals surface area contributed by atoms with E-state index in [4.69, 9.17) is 26.2 Å². The van der Waals surface area contributed by atoms with Crippen LogP contribution in [0.1, 0.15) is 31.4 Å². The number of hydrogen-bond donors (Lipinski definition) is 3. The molecular formula is C31H36ClF3N2O5. The highest BCUT2D eigenvalue weighted by Gasteiger charge is 2.38. The second-order valence-electron chi connectivity index (χ2n) is 10.3. The molecule has 1 amide bonds. The number of nitrogens with one attached hydrogen (secondary N) is 1. The second kappa shape index (κ2) is 16.3. The Morgan fingerprint density at radius 2 is 1.40 bits per heavy atom. The number of hydrogen-bond acceptors (Lipinski definition) is 5. The lowest BCUT2D eigenvalue weighted by Crippen LogP contribution is -2.39. The van der Waals surface area contributed by atoms with Crippen LogP contribution >= 0.6 is 11.6 Å². The Bertz CT molecular complexity index is 1260. The number of carboxylic acid groups (broad SMARTS) is 1. The van der Waals surface area contributed by atoms with E-state index in [1.807, 2.05) is 62.4 Å². The molecule has 7 nitrogen and oxygen atoms in total. The number of nitrogens with zero attached hydrogens (tertiary/aromatic N) is 1. The standard InChI is InChI=1S/C29H35ClN2O3.C2HF3O2/c1-29(2,34)21-32(18-19-35-3)20-23-6-4-22(5-7-23)8-17-28(33)31-27-15-11-25(12-16-27)24-9-13-26(30)14-10-24;3-2(4,5)1(6)7/h4-7,9-16,34H,8,17-21H2,1-3H3,(H,31,33);(H,6,7). The van der Waals surface area contributed by atoms with E-state index in [-0.39, 0.29) is 5.91 Å². The maximum Gasteiger partial charge on any atom is 0.490 e. The zero-order valence-electron chi connectivity index (χ0n) is 23.7. The highest BCUT2D eigenvalue weighted by molar-refractivity contribution is 6.30. The van der Waals surface area contributed by atoms with Crippen LogP contribution in [0.5, 0.6) is 0 Å². The SMILES string of the molecule is COCCN(Cc1ccc(CCC(=O)Nc2ccc(-c3ccc(Cl)cc3)cc2)cc1)CC(C)(C)O.O=C(O)C(F)(F)F. The van der Waals surface area contributed by atoms with Crippen molar-refractivity contribution in [3.63, 3.8) is 0 Å². The van der Waals surface area contributed by atoms with Gasteiger partial charge >= 0.3 is 12.1 Å². The topological polar surface area (TPSA) is 99.1 Å². The van der Waals surface area contributed by atoms with Crippen molar-refractivity contribution < 1.29 is 37.7 Å². The fourth-order valence-corrected chi connectivity index (χ4v) is 4.05. The van der Waals surface area contributed by atoms with Crippen molar-refractivity contribution in [2.24, 2.45) is 0 Å². The molecule has 0 saturated carbocycles. The Balaban J connectivity index is 0.000000782. The molecule has 0 aliphatic heterocycles. The van der Waals surface area contributed by atoms with Crippen LogP contribution in [0, 0.1) is 0 Å². The van der Waals surface area contributed by atoms with Crippen molar-refractivity contribution in [1.29, 1.82) is 0 Å². The van der Waals surface area contributed by atoms with Crippen LogP contribution in [-0.4, -0.2) is 65.6 Å². The third-order valence-corrected chi connectivity index (χ3v) is 6.13. The summed E-state index contributed by atoms with van der Waals surface area (Å²) in [6, 6.07) is 23.8. The van der Waals surface area contributed by atoms with Gasteiger partial charge in [-0.2, -0.15) is 13.2 Å². The van der Waals surface area contributed by atoms with Crippen LogP contribution in [-0.2, 0) is 27.3 Å². The smallest absolute Gasteiger partial charge is 0.475 e. The Labute approximate surface area is 248 Å². The Kier molecular flexibility index (Phi) is 13.5. The molecule has 0 radical (unpaired) electrons. The summed E-state index contributed by atoms with van der Waals surface area (Å²) in [5, 5.41) is 21.0. The number of carboxylic acids is 1. The number of carbonyl (C=O) groups excluding carboxylic acids is 1. The fraction of sp³-hybridized carbons (Fsp3) is 0.355. The van der Waals surface area contributed by atoms with Gasteiger partial charge in [-0.3, -0.25) is 9.69 Å². The molecule has 0 atom stereocenters. The van der Waals surface area contributed by atoms with Crippen molar-refractivity contribution in [2.75, 3.05) is 32.1 Å². The summed E-state index contributed by atoms with van der Waals surface area (Å²) in [4.78, 5) is 23.5. The number of anilines is 1. The maximum absolute atomic E-state index is 12.5. The molecule has 0 saturated heterocycles. The van der Waals surface area contributed by atoms with Gasteiger partial charge in [-0.1, -0.05) is 60.1 Å². The molecule has 0 heterocycles. The molecule has 3 aromatic carbocycles. The minimum atomic E-state index is -5.08. The quantitative estimate of drug-likeness (QED) is 0.219. The van der Waals surface area contributed by atoms with Crippen LogP contribution < -0.4 is 5.32 Å². The predicted molar refractivity (Wildman–Crippen MR) is 157 cm³/mol. The van der Waals surface area contributed by atoms with Gasteiger partial charge in [-0.25, -0.2) is 4.79 Å². The summed E-state index contributed by atoms with van der Waals surface area (Å²) in [5.41, 5.74) is 4.45. The fourth-order valence-electron chi connectivity index (χ4n) is 3.92. The first-order valence-electron chi connectivity index (χ1n) is 13.1. The normalized spacial score (nSPS) is 11.5.